The number of anilines is 1. The van der Waals surface area contributed by atoms with Crippen LogP contribution < -0.4 is 4.31 Å². The molecule has 0 aliphatic carbocycles. The van der Waals surface area contributed by atoms with E-state index in [0.29, 0.717) is 16.1 Å². The first kappa shape index (κ1) is 18.4. The summed E-state index contributed by atoms with van der Waals surface area (Å²) in [6, 6.07) is 8.76. The summed E-state index contributed by atoms with van der Waals surface area (Å²) in [7, 11) is -5.61. The quantitative estimate of drug-likeness (QED) is 0.746. The highest BCUT2D eigenvalue weighted by Gasteiger charge is 2.33. The average Bonchev–Trinajstić information content (AvgIpc) is 3.07. The monoisotopic (exact) mass is 395 g/mol. The van der Waals surface area contributed by atoms with Gasteiger partial charge < -0.3 is 0 Å². The molecule has 0 fully saturated rings. The van der Waals surface area contributed by atoms with E-state index in [0.717, 1.165) is 22.5 Å². The number of benzene rings is 1. The molecule has 9 nitrogen and oxygen atoms in total. The third kappa shape index (κ3) is 2.86. The molecule has 0 bridgehead atoms. The molecule has 11 heteroatoms. The van der Waals surface area contributed by atoms with Crippen molar-refractivity contribution >= 4 is 25.9 Å². The molecule has 1 aromatic carbocycles. The summed E-state index contributed by atoms with van der Waals surface area (Å²) in [5.41, 5.74) is 1.44. The molecule has 0 amide bonds. The maximum Gasteiger partial charge on any atom is 0.309 e. The van der Waals surface area contributed by atoms with Gasteiger partial charge in [-0.25, -0.2) is 8.96 Å². The van der Waals surface area contributed by atoms with Crippen molar-refractivity contribution in [2.24, 2.45) is 0 Å². The molecule has 3 rings (SSSR count). The van der Waals surface area contributed by atoms with Gasteiger partial charge in [-0.3, -0.25) is 4.31 Å². The van der Waals surface area contributed by atoms with Gasteiger partial charge in [0.2, 0.25) is 5.82 Å². The fourth-order valence-corrected chi connectivity index (χ4v) is 5.18. The number of hydrogen-bond donors (Lipinski definition) is 0. The zero-order chi connectivity index (χ0) is 19.1. The van der Waals surface area contributed by atoms with E-state index in [2.05, 4.69) is 4.98 Å². The second kappa shape index (κ2) is 6.39. The highest BCUT2D eigenvalue weighted by molar-refractivity contribution is 7.92. The fourth-order valence-electron chi connectivity index (χ4n) is 2.76. The Bertz CT molecular complexity index is 1100. The Balaban J connectivity index is 2.14. The van der Waals surface area contributed by atoms with Gasteiger partial charge >= 0.3 is 10.2 Å². The number of nitriles is 1. The number of sulfonamides is 1. The predicted octanol–water partition coefficient (Wildman–Crippen LogP) is 0.551. The van der Waals surface area contributed by atoms with Gasteiger partial charge in [0.05, 0.1) is 11.9 Å². The van der Waals surface area contributed by atoms with E-state index in [1.807, 2.05) is 12.1 Å². The van der Waals surface area contributed by atoms with Crippen molar-refractivity contribution in [1.29, 1.82) is 5.26 Å². The van der Waals surface area contributed by atoms with Gasteiger partial charge in [0.15, 0.2) is 5.03 Å². The van der Waals surface area contributed by atoms with Crippen LogP contribution in [0.5, 0.6) is 0 Å². The predicted molar refractivity (Wildman–Crippen MR) is 94.2 cm³/mol. The minimum Gasteiger partial charge on any atom is -0.265 e. The Labute approximate surface area is 152 Å². The molecule has 0 spiro atoms. The van der Waals surface area contributed by atoms with Crippen molar-refractivity contribution in [3.63, 3.8) is 0 Å². The second-order valence-corrected chi connectivity index (χ2v) is 9.74. The number of para-hydroxylation sites is 1. The molecule has 1 aliphatic rings. The van der Waals surface area contributed by atoms with Crippen molar-refractivity contribution < 1.29 is 16.8 Å². The summed E-state index contributed by atoms with van der Waals surface area (Å²) < 4.78 is 53.4. The van der Waals surface area contributed by atoms with Crippen molar-refractivity contribution in [2.75, 3.05) is 24.9 Å². The SMILES string of the molecule is CN(C)S(=O)(=O)n1cc(S(=O)(=O)N2CCCc3ccccc32)nc1C#N. The largest absolute Gasteiger partial charge is 0.309 e. The summed E-state index contributed by atoms with van der Waals surface area (Å²) in [5, 5.41) is 8.71. The highest BCUT2D eigenvalue weighted by Crippen LogP contribution is 2.31. The smallest absolute Gasteiger partial charge is 0.265 e. The lowest BCUT2D eigenvalue weighted by molar-refractivity contribution is 0.510. The van der Waals surface area contributed by atoms with Crippen LogP contribution in [-0.2, 0) is 26.7 Å². The van der Waals surface area contributed by atoms with Crippen LogP contribution in [0.2, 0.25) is 0 Å². The standard InChI is InChI=1S/C15H17N5O4S2/c1-18(2)26(23,24)20-11-15(17-14(20)10-16)25(21,22)19-9-5-7-12-6-3-4-8-13(12)19/h3-4,6,8,11H,5,7,9H2,1-2H3. The third-order valence-electron chi connectivity index (χ3n) is 4.08. The van der Waals surface area contributed by atoms with Gasteiger partial charge in [-0.05, 0) is 24.5 Å². The van der Waals surface area contributed by atoms with E-state index in [1.165, 1.54) is 18.4 Å². The topological polar surface area (TPSA) is 116 Å². The van der Waals surface area contributed by atoms with Crippen molar-refractivity contribution in [3.05, 3.63) is 41.9 Å². The molecule has 0 N–H and O–H groups in total. The van der Waals surface area contributed by atoms with Crippen molar-refractivity contribution in [3.8, 4) is 6.07 Å². The first-order valence-corrected chi connectivity index (χ1v) is 10.6. The zero-order valence-electron chi connectivity index (χ0n) is 14.2. The van der Waals surface area contributed by atoms with E-state index in [4.69, 9.17) is 0 Å². The normalized spacial score (nSPS) is 14.9. The van der Waals surface area contributed by atoms with E-state index in [-0.39, 0.29) is 6.54 Å². The molecule has 0 radical (unpaired) electrons. The van der Waals surface area contributed by atoms with Crippen LogP contribution in [0, 0.1) is 11.3 Å². The molecule has 0 atom stereocenters. The number of imidazole rings is 1. The van der Waals surface area contributed by atoms with Crippen molar-refractivity contribution in [2.45, 2.75) is 17.9 Å². The van der Waals surface area contributed by atoms with E-state index in [1.54, 1.807) is 18.2 Å². The van der Waals surface area contributed by atoms with Gasteiger partial charge in [-0.1, -0.05) is 18.2 Å². The molecule has 0 saturated heterocycles. The second-order valence-electron chi connectivity index (χ2n) is 5.91. The average molecular weight is 395 g/mol. The van der Waals surface area contributed by atoms with Crippen LogP contribution in [0.3, 0.4) is 0 Å². The summed E-state index contributed by atoms with van der Waals surface area (Å²) in [6.45, 7) is 0.258. The number of nitrogens with zero attached hydrogens (tertiary/aromatic N) is 5. The van der Waals surface area contributed by atoms with Gasteiger partial charge in [-0.15, -0.1) is 0 Å². The van der Waals surface area contributed by atoms with Crippen LogP contribution in [0.1, 0.15) is 17.8 Å². The Morgan fingerprint density at radius 3 is 2.54 bits per heavy atom. The first-order chi connectivity index (χ1) is 12.2. The van der Waals surface area contributed by atoms with Crippen molar-refractivity contribution in [1.82, 2.24) is 13.3 Å². The maximum atomic E-state index is 13.1. The molecule has 26 heavy (non-hydrogen) atoms. The molecular weight excluding hydrogens is 378 g/mol. The van der Waals surface area contributed by atoms with E-state index >= 15 is 0 Å². The molecule has 0 unspecified atom stereocenters. The first-order valence-electron chi connectivity index (χ1n) is 7.72. The molecule has 0 saturated carbocycles. The summed E-state index contributed by atoms with van der Waals surface area (Å²) in [6.07, 6.45) is 2.27. The molecule has 2 heterocycles. The number of rotatable bonds is 4. The molecule has 1 aromatic heterocycles. The van der Waals surface area contributed by atoms with Crippen LogP contribution in [0.4, 0.5) is 5.69 Å². The summed E-state index contributed by atoms with van der Waals surface area (Å²) in [5.74, 6) is -0.512. The molecule has 1 aliphatic heterocycles. The molecular formula is C15H17N5O4S2. The molecule has 138 valence electrons. The highest BCUT2D eigenvalue weighted by atomic mass is 32.2. The number of aromatic nitrogens is 2. The van der Waals surface area contributed by atoms with Crippen LogP contribution in [-0.4, -0.2) is 50.7 Å². The third-order valence-corrected chi connectivity index (χ3v) is 7.47. The van der Waals surface area contributed by atoms with Gasteiger partial charge in [0, 0.05) is 20.6 Å². The number of aryl methyl sites for hydroxylation is 1. The minimum atomic E-state index is -4.11. The van der Waals surface area contributed by atoms with E-state index < -0.39 is 31.1 Å². The lowest BCUT2D eigenvalue weighted by atomic mass is 10.0. The minimum absolute atomic E-state index is 0.258. The number of hydrogen-bond acceptors (Lipinski definition) is 6. The fraction of sp³-hybridized carbons (Fsp3) is 0.333. The van der Waals surface area contributed by atoms with E-state index in [9.17, 15) is 22.1 Å². The Morgan fingerprint density at radius 1 is 1.19 bits per heavy atom. The Hall–Kier alpha value is -2.42. The zero-order valence-corrected chi connectivity index (χ0v) is 15.8. The molecule has 2 aromatic rings. The van der Waals surface area contributed by atoms with Crippen LogP contribution in [0.15, 0.2) is 35.5 Å². The van der Waals surface area contributed by atoms with Crippen LogP contribution >= 0.6 is 0 Å². The maximum absolute atomic E-state index is 13.1. The van der Waals surface area contributed by atoms with Crippen LogP contribution in [0.25, 0.3) is 0 Å². The summed E-state index contributed by atoms with van der Waals surface area (Å²) >= 11 is 0. The van der Waals surface area contributed by atoms with Gasteiger partial charge in [-0.2, -0.15) is 26.4 Å². The lowest BCUT2D eigenvalue weighted by Gasteiger charge is -2.29. The Morgan fingerprint density at radius 2 is 1.88 bits per heavy atom. The van der Waals surface area contributed by atoms with Gasteiger partial charge in [0.25, 0.3) is 10.0 Å². The van der Waals surface area contributed by atoms with Gasteiger partial charge in [0.1, 0.15) is 6.07 Å². The summed E-state index contributed by atoms with van der Waals surface area (Å²) in [4.78, 5) is 3.76. The number of fused-ring (bicyclic) bond motifs is 1. The Kier molecular flexibility index (Phi) is 4.51. The lowest BCUT2D eigenvalue weighted by Crippen LogP contribution is -2.35.